The van der Waals surface area contributed by atoms with Gasteiger partial charge in [0.15, 0.2) is 0 Å². The van der Waals surface area contributed by atoms with Gasteiger partial charge in [0.05, 0.1) is 0 Å². The van der Waals surface area contributed by atoms with Gasteiger partial charge in [-0.2, -0.15) is 0 Å². The summed E-state index contributed by atoms with van der Waals surface area (Å²) in [4.78, 5) is 0. The van der Waals surface area contributed by atoms with Crippen LogP contribution in [0.2, 0.25) is 0 Å². The fourth-order valence-corrected chi connectivity index (χ4v) is 3.06. The zero-order valence-corrected chi connectivity index (χ0v) is 12.1. The monoisotopic (exact) mass is 281 g/mol. The van der Waals surface area contributed by atoms with Crippen molar-refractivity contribution in [1.29, 1.82) is 0 Å². The lowest BCUT2D eigenvalue weighted by atomic mass is 9.71. The molecule has 0 aromatic heterocycles. The Morgan fingerprint density at radius 1 is 1.38 bits per heavy atom. The molecule has 2 heteroatoms. The Hall–Kier alpha value is -0.500. The molecule has 0 fully saturated rings. The lowest BCUT2D eigenvalue weighted by Gasteiger charge is -2.45. The molecule has 0 saturated carbocycles. The van der Waals surface area contributed by atoms with Gasteiger partial charge in [-0.05, 0) is 48.9 Å². The molecule has 0 radical (unpaired) electrons. The molecule has 1 N–H and O–H groups in total. The Labute approximate surface area is 107 Å². The maximum atomic E-state index is 3.71. The number of halogens is 1. The lowest BCUT2D eigenvalue weighted by molar-refractivity contribution is 0.284. The van der Waals surface area contributed by atoms with Crippen molar-refractivity contribution in [3.05, 3.63) is 28.2 Å². The summed E-state index contributed by atoms with van der Waals surface area (Å²) in [5.41, 5.74) is 2.96. The van der Waals surface area contributed by atoms with E-state index in [1.807, 2.05) is 0 Å². The Kier molecular flexibility index (Phi) is 3.04. The molecule has 1 nitrogen and oxygen atoms in total. The third kappa shape index (κ3) is 1.77. The van der Waals surface area contributed by atoms with Gasteiger partial charge < -0.3 is 5.32 Å². The molecule has 0 aliphatic carbocycles. The van der Waals surface area contributed by atoms with E-state index in [1.54, 1.807) is 0 Å². The summed E-state index contributed by atoms with van der Waals surface area (Å²) in [7, 11) is 0. The fourth-order valence-electron chi connectivity index (χ4n) is 2.68. The highest BCUT2D eigenvalue weighted by atomic mass is 79.9. The maximum Gasteiger partial charge on any atom is 0.0380 e. The third-order valence-electron chi connectivity index (χ3n) is 4.41. The van der Waals surface area contributed by atoms with Crippen LogP contribution in [0.3, 0.4) is 0 Å². The van der Waals surface area contributed by atoms with Crippen LogP contribution in [-0.4, -0.2) is 5.54 Å². The number of benzene rings is 1. The highest BCUT2D eigenvalue weighted by Crippen LogP contribution is 2.44. The highest BCUT2D eigenvalue weighted by Gasteiger charge is 2.38. The quantitative estimate of drug-likeness (QED) is 0.781. The molecule has 1 aliphatic heterocycles. The van der Waals surface area contributed by atoms with Crippen LogP contribution >= 0.6 is 15.9 Å². The summed E-state index contributed by atoms with van der Waals surface area (Å²) >= 11 is 3.56. The van der Waals surface area contributed by atoms with Crippen molar-refractivity contribution in [1.82, 2.24) is 0 Å². The Morgan fingerprint density at radius 3 is 2.69 bits per heavy atom. The molecular formula is C14H20BrN. The van der Waals surface area contributed by atoms with Crippen LogP contribution in [0, 0.1) is 5.92 Å². The molecule has 16 heavy (non-hydrogen) atoms. The summed E-state index contributed by atoms with van der Waals surface area (Å²) in [6.45, 7) is 9.29. The average molecular weight is 282 g/mol. The number of hydrogen-bond acceptors (Lipinski definition) is 1. The van der Waals surface area contributed by atoms with Crippen LogP contribution < -0.4 is 5.32 Å². The molecule has 0 bridgehead atoms. The second kappa shape index (κ2) is 4.06. The first-order chi connectivity index (χ1) is 7.48. The van der Waals surface area contributed by atoms with E-state index in [0.717, 1.165) is 6.42 Å². The van der Waals surface area contributed by atoms with Gasteiger partial charge in [0.25, 0.3) is 0 Å². The summed E-state index contributed by atoms with van der Waals surface area (Å²) in [6, 6.07) is 6.55. The second-order valence-electron chi connectivity index (χ2n) is 5.20. The first-order valence-electron chi connectivity index (χ1n) is 6.05. The van der Waals surface area contributed by atoms with Gasteiger partial charge in [0.1, 0.15) is 0 Å². The molecule has 1 heterocycles. The largest absolute Gasteiger partial charge is 0.379 e. The molecule has 0 saturated heterocycles. The van der Waals surface area contributed by atoms with Crippen LogP contribution in [0.4, 0.5) is 5.69 Å². The van der Waals surface area contributed by atoms with E-state index >= 15 is 0 Å². The third-order valence-corrected chi connectivity index (χ3v) is 4.91. The van der Waals surface area contributed by atoms with Crippen LogP contribution in [0.5, 0.6) is 0 Å². The summed E-state index contributed by atoms with van der Waals surface area (Å²) in [5, 5.41) is 3.71. The van der Waals surface area contributed by atoms with E-state index in [0.29, 0.717) is 11.8 Å². The van der Waals surface area contributed by atoms with Crippen LogP contribution in [0.25, 0.3) is 0 Å². The number of anilines is 1. The molecule has 1 aliphatic rings. The Morgan fingerprint density at radius 2 is 2.06 bits per heavy atom. The molecule has 1 aromatic rings. The van der Waals surface area contributed by atoms with Crippen molar-refractivity contribution in [2.24, 2.45) is 5.92 Å². The lowest BCUT2D eigenvalue weighted by Crippen LogP contribution is -2.46. The van der Waals surface area contributed by atoms with Crippen molar-refractivity contribution >= 4 is 21.6 Å². The summed E-state index contributed by atoms with van der Waals surface area (Å²) in [6.07, 6.45) is 1.16. The molecule has 0 amide bonds. The normalized spacial score (nSPS) is 33.1. The van der Waals surface area contributed by atoms with Gasteiger partial charge in [-0.25, -0.2) is 0 Å². The number of fused-ring (bicyclic) bond motifs is 1. The Balaban J connectivity index is 2.48. The average Bonchev–Trinajstić information content (AvgIpc) is 2.28. The van der Waals surface area contributed by atoms with Gasteiger partial charge in [0, 0.05) is 15.7 Å². The molecule has 3 unspecified atom stereocenters. The predicted molar refractivity (Wildman–Crippen MR) is 74.0 cm³/mol. The van der Waals surface area contributed by atoms with Crippen molar-refractivity contribution in [2.45, 2.75) is 45.6 Å². The molecule has 1 aromatic carbocycles. The molecule has 0 spiro atoms. The topological polar surface area (TPSA) is 12.0 Å². The zero-order chi connectivity index (χ0) is 11.9. The van der Waals surface area contributed by atoms with E-state index in [2.05, 4.69) is 67.1 Å². The number of hydrogen-bond donors (Lipinski definition) is 1. The molecule has 2 rings (SSSR count). The zero-order valence-electron chi connectivity index (χ0n) is 10.5. The van der Waals surface area contributed by atoms with Gasteiger partial charge in [-0.3, -0.25) is 0 Å². The van der Waals surface area contributed by atoms with Gasteiger partial charge >= 0.3 is 0 Å². The minimum atomic E-state index is 0.222. The van der Waals surface area contributed by atoms with E-state index in [4.69, 9.17) is 0 Å². The number of rotatable bonds is 1. The van der Waals surface area contributed by atoms with Crippen LogP contribution in [-0.2, 0) is 0 Å². The van der Waals surface area contributed by atoms with Crippen molar-refractivity contribution < 1.29 is 0 Å². The van der Waals surface area contributed by atoms with Gasteiger partial charge in [0.2, 0.25) is 0 Å². The standard InChI is InChI=1S/C14H20BrN/c1-5-14(4)10(3)9(2)12-8-11(15)6-7-13(12)16-14/h6-10,16H,5H2,1-4H3. The van der Waals surface area contributed by atoms with E-state index in [1.165, 1.54) is 15.7 Å². The smallest absolute Gasteiger partial charge is 0.0380 e. The summed E-state index contributed by atoms with van der Waals surface area (Å²) in [5.74, 6) is 1.26. The first kappa shape index (κ1) is 12.0. The van der Waals surface area contributed by atoms with Crippen molar-refractivity contribution in [2.75, 3.05) is 5.32 Å². The predicted octanol–water partition coefficient (Wildman–Crippen LogP) is 4.78. The van der Waals surface area contributed by atoms with Gasteiger partial charge in [-0.1, -0.05) is 36.7 Å². The maximum absolute atomic E-state index is 3.71. The molecule has 3 atom stereocenters. The van der Waals surface area contributed by atoms with E-state index in [9.17, 15) is 0 Å². The van der Waals surface area contributed by atoms with Crippen LogP contribution in [0.15, 0.2) is 22.7 Å². The Bertz CT molecular complexity index is 402. The first-order valence-corrected chi connectivity index (χ1v) is 6.85. The van der Waals surface area contributed by atoms with Crippen molar-refractivity contribution in [3.8, 4) is 0 Å². The van der Waals surface area contributed by atoms with E-state index in [-0.39, 0.29) is 5.54 Å². The fraction of sp³-hybridized carbons (Fsp3) is 0.571. The molecular weight excluding hydrogens is 262 g/mol. The van der Waals surface area contributed by atoms with Gasteiger partial charge in [-0.15, -0.1) is 0 Å². The highest BCUT2D eigenvalue weighted by molar-refractivity contribution is 9.10. The van der Waals surface area contributed by atoms with E-state index < -0.39 is 0 Å². The summed E-state index contributed by atoms with van der Waals surface area (Å²) < 4.78 is 1.17. The second-order valence-corrected chi connectivity index (χ2v) is 6.12. The van der Waals surface area contributed by atoms with Crippen LogP contribution in [0.1, 0.15) is 45.6 Å². The SMILES string of the molecule is CCC1(C)Nc2ccc(Br)cc2C(C)C1C. The van der Waals surface area contributed by atoms with Crippen molar-refractivity contribution in [3.63, 3.8) is 0 Å². The number of nitrogens with one attached hydrogen (secondary N) is 1. The minimum Gasteiger partial charge on any atom is -0.379 e. The minimum absolute atomic E-state index is 0.222. The molecule has 88 valence electrons.